The Labute approximate surface area is 115 Å². The number of sulfonamides is 1. The minimum absolute atomic E-state index is 0.0557. The third-order valence-electron chi connectivity index (χ3n) is 3.37. The van der Waals surface area contributed by atoms with Crippen LogP contribution in [0.15, 0.2) is 17.2 Å². The molecule has 2 heterocycles. The molecule has 0 saturated carbocycles. The number of aryl methyl sites for hydroxylation is 1. The van der Waals surface area contributed by atoms with E-state index < -0.39 is 27.8 Å². The van der Waals surface area contributed by atoms with Crippen LogP contribution in [0.25, 0.3) is 0 Å². The molecule has 20 heavy (non-hydrogen) atoms. The van der Waals surface area contributed by atoms with Gasteiger partial charge >= 0.3 is 5.97 Å². The van der Waals surface area contributed by atoms with Crippen LogP contribution < -0.4 is 5.73 Å². The monoisotopic (exact) mass is 301 g/mol. The van der Waals surface area contributed by atoms with Crippen molar-refractivity contribution in [3.05, 3.63) is 18.0 Å². The average Bonchev–Trinajstić information content (AvgIpc) is 2.94. The second-order valence-electron chi connectivity index (χ2n) is 4.72. The van der Waals surface area contributed by atoms with Crippen LogP contribution in [-0.4, -0.2) is 47.4 Å². The number of rotatable bonds is 4. The minimum Gasteiger partial charge on any atom is -0.481 e. The van der Waals surface area contributed by atoms with E-state index in [1.165, 1.54) is 23.9 Å². The molecule has 0 aromatic carbocycles. The number of primary amides is 1. The van der Waals surface area contributed by atoms with Gasteiger partial charge in [-0.1, -0.05) is 0 Å². The number of hydrogen-bond donors (Lipinski definition) is 2. The van der Waals surface area contributed by atoms with Gasteiger partial charge in [0, 0.05) is 26.3 Å². The van der Waals surface area contributed by atoms with Crippen molar-refractivity contribution in [3.63, 3.8) is 0 Å². The number of amides is 1. The van der Waals surface area contributed by atoms with Crippen molar-refractivity contribution in [1.29, 1.82) is 0 Å². The molecule has 1 aliphatic heterocycles. The van der Waals surface area contributed by atoms with Crippen molar-refractivity contribution in [2.45, 2.75) is 11.3 Å². The molecule has 9 heteroatoms. The Morgan fingerprint density at radius 1 is 1.45 bits per heavy atom. The van der Waals surface area contributed by atoms with E-state index in [1.807, 2.05) is 0 Å². The Hall–Kier alpha value is -1.87. The number of aromatic nitrogens is 1. The predicted molar refractivity (Wildman–Crippen MR) is 68.4 cm³/mol. The van der Waals surface area contributed by atoms with Crippen molar-refractivity contribution >= 4 is 21.9 Å². The predicted octanol–water partition coefficient (Wildman–Crippen LogP) is -0.781. The Kier molecular flexibility index (Phi) is 3.57. The average molecular weight is 301 g/mol. The van der Waals surface area contributed by atoms with Crippen LogP contribution in [0.2, 0.25) is 0 Å². The molecule has 0 aliphatic carbocycles. The summed E-state index contributed by atoms with van der Waals surface area (Å²) < 4.78 is 27.2. The summed E-state index contributed by atoms with van der Waals surface area (Å²) in [7, 11) is -2.28. The number of hydrogen-bond acceptors (Lipinski definition) is 4. The van der Waals surface area contributed by atoms with Gasteiger partial charge in [0.2, 0.25) is 10.0 Å². The maximum atomic E-state index is 12.4. The molecule has 2 rings (SSSR count). The van der Waals surface area contributed by atoms with Crippen molar-refractivity contribution in [2.24, 2.45) is 18.7 Å². The van der Waals surface area contributed by atoms with E-state index in [-0.39, 0.29) is 30.1 Å². The molecule has 1 amide bonds. The highest BCUT2D eigenvalue weighted by Crippen LogP contribution is 2.25. The van der Waals surface area contributed by atoms with E-state index in [9.17, 15) is 18.0 Å². The largest absolute Gasteiger partial charge is 0.481 e. The molecule has 1 fully saturated rings. The molecule has 1 aliphatic rings. The summed E-state index contributed by atoms with van der Waals surface area (Å²) >= 11 is 0. The normalized spacial score (nSPS) is 20.1. The number of carboxylic acid groups (broad SMARTS) is 1. The zero-order chi connectivity index (χ0) is 15.1. The highest BCUT2D eigenvalue weighted by atomic mass is 32.2. The lowest BCUT2D eigenvalue weighted by atomic mass is 10.1. The summed E-state index contributed by atoms with van der Waals surface area (Å²) in [6.45, 7) is 0.0958. The minimum atomic E-state index is -3.80. The number of aliphatic carboxylic acids is 1. The van der Waals surface area contributed by atoms with Gasteiger partial charge in [-0.3, -0.25) is 9.59 Å². The van der Waals surface area contributed by atoms with E-state index >= 15 is 0 Å². The van der Waals surface area contributed by atoms with Gasteiger partial charge in [-0.15, -0.1) is 0 Å². The number of carbonyl (C=O) groups excluding carboxylic acids is 1. The van der Waals surface area contributed by atoms with Crippen LogP contribution in [-0.2, 0) is 21.9 Å². The fraction of sp³-hybridized carbons (Fsp3) is 0.455. The lowest BCUT2D eigenvalue weighted by Crippen LogP contribution is -2.29. The van der Waals surface area contributed by atoms with Crippen molar-refractivity contribution in [3.8, 4) is 0 Å². The molecule has 0 bridgehead atoms. The summed E-state index contributed by atoms with van der Waals surface area (Å²) in [6, 6.07) is 1.20. The molecule has 0 radical (unpaired) electrons. The van der Waals surface area contributed by atoms with Gasteiger partial charge in [-0.25, -0.2) is 8.42 Å². The topological polar surface area (TPSA) is 123 Å². The first-order valence-electron chi connectivity index (χ1n) is 5.92. The van der Waals surface area contributed by atoms with E-state index in [2.05, 4.69) is 0 Å². The molecule has 1 aromatic heterocycles. The van der Waals surface area contributed by atoms with Crippen LogP contribution in [0.1, 0.15) is 16.9 Å². The van der Waals surface area contributed by atoms with Crippen LogP contribution >= 0.6 is 0 Å². The SMILES string of the molecule is Cn1cc(S(=O)(=O)N2CC[C@@H](C(=O)O)C2)cc1C(N)=O. The van der Waals surface area contributed by atoms with Crippen LogP contribution in [0.4, 0.5) is 0 Å². The van der Waals surface area contributed by atoms with Crippen LogP contribution in [0.5, 0.6) is 0 Å². The first-order chi connectivity index (χ1) is 9.23. The Balaban J connectivity index is 2.30. The third-order valence-corrected chi connectivity index (χ3v) is 5.20. The molecule has 1 atom stereocenters. The Morgan fingerprint density at radius 2 is 2.10 bits per heavy atom. The summed E-state index contributed by atoms with van der Waals surface area (Å²) in [4.78, 5) is 22.0. The molecular weight excluding hydrogens is 286 g/mol. The van der Waals surface area contributed by atoms with Crippen molar-refractivity contribution in [1.82, 2.24) is 8.87 Å². The third kappa shape index (κ3) is 2.41. The lowest BCUT2D eigenvalue weighted by Gasteiger charge is -2.14. The highest BCUT2D eigenvalue weighted by molar-refractivity contribution is 7.89. The molecule has 0 unspecified atom stereocenters. The van der Waals surface area contributed by atoms with E-state index in [4.69, 9.17) is 10.8 Å². The molecule has 0 spiro atoms. The van der Waals surface area contributed by atoms with Crippen molar-refractivity contribution in [2.75, 3.05) is 13.1 Å². The molecule has 1 aromatic rings. The second kappa shape index (κ2) is 4.91. The Morgan fingerprint density at radius 3 is 2.55 bits per heavy atom. The standard InChI is InChI=1S/C11H15N3O5S/c1-13-6-8(4-9(13)10(12)15)20(18,19)14-3-2-7(5-14)11(16)17/h4,6-7H,2-3,5H2,1H3,(H2,12,15)(H,16,17)/t7-/m1/s1. The first-order valence-corrected chi connectivity index (χ1v) is 7.36. The van der Waals surface area contributed by atoms with Gasteiger partial charge in [0.15, 0.2) is 0 Å². The van der Waals surface area contributed by atoms with Crippen molar-refractivity contribution < 1.29 is 23.1 Å². The fourth-order valence-corrected chi connectivity index (χ4v) is 3.79. The molecular formula is C11H15N3O5S. The fourth-order valence-electron chi connectivity index (χ4n) is 2.22. The van der Waals surface area contributed by atoms with Gasteiger partial charge in [0.25, 0.3) is 5.91 Å². The summed E-state index contributed by atoms with van der Waals surface area (Å²) in [5.41, 5.74) is 5.22. The van der Waals surface area contributed by atoms with Gasteiger partial charge in [0.1, 0.15) is 10.6 Å². The van der Waals surface area contributed by atoms with Gasteiger partial charge in [-0.2, -0.15) is 4.31 Å². The highest BCUT2D eigenvalue weighted by Gasteiger charge is 2.36. The zero-order valence-corrected chi connectivity index (χ0v) is 11.6. The number of carboxylic acids is 1. The van der Waals surface area contributed by atoms with Gasteiger partial charge < -0.3 is 15.4 Å². The summed E-state index contributed by atoms with van der Waals surface area (Å²) in [6.07, 6.45) is 1.58. The number of nitrogens with zero attached hydrogens (tertiary/aromatic N) is 2. The quantitative estimate of drug-likeness (QED) is 0.755. The Bertz CT molecular complexity index is 664. The lowest BCUT2D eigenvalue weighted by molar-refractivity contribution is -0.141. The molecule has 110 valence electrons. The maximum absolute atomic E-state index is 12.4. The number of carbonyl (C=O) groups is 2. The first kappa shape index (κ1) is 14.5. The van der Waals surface area contributed by atoms with E-state index in [0.717, 1.165) is 4.31 Å². The van der Waals surface area contributed by atoms with E-state index in [1.54, 1.807) is 0 Å². The van der Waals surface area contributed by atoms with Crippen LogP contribution in [0.3, 0.4) is 0 Å². The van der Waals surface area contributed by atoms with Gasteiger partial charge in [0.05, 0.1) is 5.92 Å². The maximum Gasteiger partial charge on any atom is 0.307 e. The van der Waals surface area contributed by atoms with Crippen LogP contribution in [0, 0.1) is 5.92 Å². The molecule has 1 saturated heterocycles. The smallest absolute Gasteiger partial charge is 0.307 e. The zero-order valence-electron chi connectivity index (χ0n) is 10.8. The molecule has 3 N–H and O–H groups in total. The van der Waals surface area contributed by atoms with E-state index in [0.29, 0.717) is 0 Å². The second-order valence-corrected chi connectivity index (χ2v) is 6.66. The summed E-state index contributed by atoms with van der Waals surface area (Å²) in [5.74, 6) is -2.42. The summed E-state index contributed by atoms with van der Waals surface area (Å²) in [5, 5.41) is 8.90. The molecule has 8 nitrogen and oxygen atoms in total. The number of nitrogens with two attached hydrogens (primary N) is 1. The van der Waals surface area contributed by atoms with Gasteiger partial charge in [-0.05, 0) is 12.5 Å².